The number of methoxy groups -OCH3 is 1. The number of nitrogens with zero attached hydrogens (tertiary/aromatic N) is 2. The van der Waals surface area contributed by atoms with Crippen LogP contribution in [0.25, 0.3) is 22.3 Å². The molecule has 0 saturated carbocycles. The monoisotopic (exact) mass is 365 g/mol. The first kappa shape index (κ1) is 16.4. The van der Waals surface area contributed by atoms with Crippen LogP contribution in [-0.4, -0.2) is 17.1 Å². The van der Waals surface area contributed by atoms with Crippen LogP contribution in [0, 0.1) is 0 Å². The lowest BCUT2D eigenvalue weighted by Gasteiger charge is -2.11. The summed E-state index contributed by atoms with van der Waals surface area (Å²) in [6.07, 6.45) is 1.65. The van der Waals surface area contributed by atoms with Crippen molar-refractivity contribution in [1.82, 2.24) is 9.97 Å². The molecular formula is C20H16ClN3O2. The molecule has 0 aliphatic rings. The van der Waals surface area contributed by atoms with E-state index < -0.39 is 0 Å². The van der Waals surface area contributed by atoms with E-state index >= 15 is 0 Å². The Bertz CT molecular complexity index is 1030. The second-order valence-corrected chi connectivity index (χ2v) is 6.16. The lowest BCUT2D eigenvalue weighted by atomic mass is 10.1. The zero-order valence-corrected chi connectivity index (χ0v) is 14.8. The van der Waals surface area contributed by atoms with Gasteiger partial charge in [-0.3, -0.25) is 0 Å². The first-order valence-electron chi connectivity index (χ1n) is 8.11. The number of halogens is 1. The SMILES string of the molecule is COc1ccc(-c2nc(NCc3ccco3)c3ccc(Cl)cc3n2)cc1. The van der Waals surface area contributed by atoms with E-state index in [0.717, 1.165) is 33.8 Å². The summed E-state index contributed by atoms with van der Waals surface area (Å²) in [5, 5.41) is 4.86. The third kappa shape index (κ3) is 3.34. The standard InChI is InChI=1S/C20H16ClN3O2/c1-25-15-7-4-13(5-8-15)19-23-18-11-14(21)6-9-17(18)20(24-19)22-12-16-3-2-10-26-16/h2-11H,12H2,1H3,(H,22,23,24). The average molecular weight is 366 g/mol. The van der Waals surface area contributed by atoms with Gasteiger partial charge in [-0.25, -0.2) is 9.97 Å². The van der Waals surface area contributed by atoms with Gasteiger partial charge in [-0.2, -0.15) is 0 Å². The molecule has 0 unspecified atom stereocenters. The summed E-state index contributed by atoms with van der Waals surface area (Å²) in [6, 6.07) is 17.0. The minimum Gasteiger partial charge on any atom is -0.497 e. The predicted octanol–water partition coefficient (Wildman–Crippen LogP) is 5.16. The maximum absolute atomic E-state index is 6.15. The molecule has 0 aliphatic heterocycles. The highest BCUT2D eigenvalue weighted by Crippen LogP contribution is 2.28. The number of hydrogen-bond donors (Lipinski definition) is 1. The second kappa shape index (κ2) is 7.06. The molecule has 0 aliphatic carbocycles. The molecule has 0 atom stereocenters. The van der Waals surface area contributed by atoms with Crippen LogP contribution in [0.4, 0.5) is 5.82 Å². The smallest absolute Gasteiger partial charge is 0.162 e. The van der Waals surface area contributed by atoms with Gasteiger partial charge < -0.3 is 14.5 Å². The van der Waals surface area contributed by atoms with Crippen molar-refractivity contribution in [3.05, 3.63) is 71.6 Å². The van der Waals surface area contributed by atoms with E-state index in [1.807, 2.05) is 54.6 Å². The molecule has 0 fully saturated rings. The fourth-order valence-corrected chi connectivity index (χ4v) is 2.86. The van der Waals surface area contributed by atoms with Gasteiger partial charge in [-0.1, -0.05) is 11.6 Å². The highest BCUT2D eigenvalue weighted by atomic mass is 35.5. The summed E-state index contributed by atoms with van der Waals surface area (Å²) >= 11 is 6.15. The van der Waals surface area contributed by atoms with Crippen LogP contribution in [0.3, 0.4) is 0 Å². The Morgan fingerprint density at radius 2 is 1.92 bits per heavy atom. The number of anilines is 1. The molecule has 0 bridgehead atoms. The molecule has 0 amide bonds. The van der Waals surface area contributed by atoms with Gasteiger partial charge in [0.2, 0.25) is 0 Å². The molecule has 0 radical (unpaired) electrons. The normalized spacial score (nSPS) is 10.8. The quantitative estimate of drug-likeness (QED) is 0.529. The molecule has 1 N–H and O–H groups in total. The molecule has 5 nitrogen and oxygen atoms in total. The Morgan fingerprint density at radius 3 is 2.65 bits per heavy atom. The van der Waals surface area contributed by atoms with Crippen LogP contribution < -0.4 is 10.1 Å². The van der Waals surface area contributed by atoms with Gasteiger partial charge in [-0.05, 0) is 54.6 Å². The fourth-order valence-electron chi connectivity index (χ4n) is 2.69. The Balaban J connectivity index is 1.77. The number of aromatic nitrogens is 2. The zero-order chi connectivity index (χ0) is 17.9. The summed E-state index contributed by atoms with van der Waals surface area (Å²) in [5.41, 5.74) is 1.67. The van der Waals surface area contributed by atoms with Crippen molar-refractivity contribution < 1.29 is 9.15 Å². The molecule has 2 heterocycles. The van der Waals surface area contributed by atoms with Crippen LogP contribution in [0.5, 0.6) is 5.75 Å². The van der Waals surface area contributed by atoms with Crippen LogP contribution in [0.15, 0.2) is 65.3 Å². The van der Waals surface area contributed by atoms with Crippen LogP contribution in [0.1, 0.15) is 5.76 Å². The number of hydrogen-bond acceptors (Lipinski definition) is 5. The predicted molar refractivity (Wildman–Crippen MR) is 103 cm³/mol. The average Bonchev–Trinajstić information content (AvgIpc) is 3.19. The second-order valence-electron chi connectivity index (χ2n) is 5.72. The molecule has 0 saturated heterocycles. The van der Waals surface area contributed by atoms with E-state index in [1.54, 1.807) is 13.4 Å². The van der Waals surface area contributed by atoms with E-state index in [1.165, 1.54) is 0 Å². The van der Waals surface area contributed by atoms with Gasteiger partial charge in [-0.15, -0.1) is 0 Å². The molecule has 0 spiro atoms. The fraction of sp³-hybridized carbons (Fsp3) is 0.100. The van der Waals surface area contributed by atoms with Gasteiger partial charge in [0.25, 0.3) is 0 Å². The number of benzene rings is 2. The number of fused-ring (bicyclic) bond motifs is 1. The highest BCUT2D eigenvalue weighted by Gasteiger charge is 2.11. The Kier molecular flexibility index (Phi) is 4.46. The maximum Gasteiger partial charge on any atom is 0.162 e. The topological polar surface area (TPSA) is 60.2 Å². The van der Waals surface area contributed by atoms with Crippen molar-refractivity contribution in [3.63, 3.8) is 0 Å². The molecule has 130 valence electrons. The molecular weight excluding hydrogens is 350 g/mol. The molecule has 4 rings (SSSR count). The summed E-state index contributed by atoms with van der Waals surface area (Å²) in [5.74, 6) is 2.96. The first-order valence-corrected chi connectivity index (χ1v) is 8.49. The van der Waals surface area contributed by atoms with Gasteiger partial charge >= 0.3 is 0 Å². The lowest BCUT2D eigenvalue weighted by Crippen LogP contribution is -2.03. The molecule has 2 aromatic carbocycles. The van der Waals surface area contributed by atoms with Crippen molar-refractivity contribution in [1.29, 1.82) is 0 Å². The van der Waals surface area contributed by atoms with E-state index in [0.29, 0.717) is 17.4 Å². The number of ether oxygens (including phenoxy) is 1. The summed E-state index contributed by atoms with van der Waals surface area (Å²) in [4.78, 5) is 9.38. The number of rotatable bonds is 5. The molecule has 26 heavy (non-hydrogen) atoms. The van der Waals surface area contributed by atoms with Crippen molar-refractivity contribution in [2.75, 3.05) is 12.4 Å². The van der Waals surface area contributed by atoms with Gasteiger partial charge in [0.1, 0.15) is 17.3 Å². The lowest BCUT2D eigenvalue weighted by molar-refractivity contribution is 0.415. The van der Waals surface area contributed by atoms with E-state index in [-0.39, 0.29) is 0 Å². The Morgan fingerprint density at radius 1 is 1.08 bits per heavy atom. The number of furan rings is 1. The van der Waals surface area contributed by atoms with Crippen molar-refractivity contribution in [3.8, 4) is 17.1 Å². The largest absolute Gasteiger partial charge is 0.497 e. The summed E-state index contributed by atoms with van der Waals surface area (Å²) < 4.78 is 10.6. The minimum atomic E-state index is 0.532. The minimum absolute atomic E-state index is 0.532. The van der Waals surface area contributed by atoms with Crippen molar-refractivity contribution in [2.24, 2.45) is 0 Å². The van der Waals surface area contributed by atoms with E-state index in [2.05, 4.69) is 10.3 Å². The summed E-state index contributed by atoms with van der Waals surface area (Å²) in [6.45, 7) is 0.532. The van der Waals surface area contributed by atoms with Gasteiger partial charge in [0.05, 0.1) is 25.4 Å². The van der Waals surface area contributed by atoms with Gasteiger partial charge in [0.15, 0.2) is 5.82 Å². The third-order valence-corrected chi connectivity index (χ3v) is 4.25. The highest BCUT2D eigenvalue weighted by molar-refractivity contribution is 6.31. The Hall–Kier alpha value is -3.05. The van der Waals surface area contributed by atoms with E-state index in [9.17, 15) is 0 Å². The van der Waals surface area contributed by atoms with Crippen LogP contribution in [0.2, 0.25) is 5.02 Å². The van der Waals surface area contributed by atoms with E-state index in [4.69, 9.17) is 25.7 Å². The van der Waals surface area contributed by atoms with Gasteiger partial charge in [0, 0.05) is 16.0 Å². The van der Waals surface area contributed by atoms with Crippen molar-refractivity contribution in [2.45, 2.75) is 6.54 Å². The summed E-state index contributed by atoms with van der Waals surface area (Å²) in [7, 11) is 1.64. The number of nitrogens with one attached hydrogen (secondary N) is 1. The molecule has 4 aromatic rings. The van der Waals surface area contributed by atoms with Crippen molar-refractivity contribution >= 4 is 28.3 Å². The maximum atomic E-state index is 6.15. The molecule has 6 heteroatoms. The Labute approximate surface area is 155 Å². The first-order chi connectivity index (χ1) is 12.7. The van der Waals surface area contributed by atoms with Crippen LogP contribution in [-0.2, 0) is 6.54 Å². The zero-order valence-electron chi connectivity index (χ0n) is 14.1. The molecule has 2 aromatic heterocycles. The van der Waals surface area contributed by atoms with Crippen LogP contribution >= 0.6 is 11.6 Å². The third-order valence-electron chi connectivity index (χ3n) is 4.02.